The Morgan fingerprint density at radius 3 is 2.52 bits per heavy atom. The van der Waals surface area contributed by atoms with Gasteiger partial charge in [0, 0.05) is 42.3 Å². The molecule has 1 fully saturated rings. The van der Waals surface area contributed by atoms with Crippen LogP contribution in [0.2, 0.25) is 0 Å². The quantitative estimate of drug-likeness (QED) is 0.566. The van der Waals surface area contributed by atoms with Crippen LogP contribution in [0.25, 0.3) is 10.9 Å². The van der Waals surface area contributed by atoms with Crippen LogP contribution < -0.4 is 21.0 Å². The molecule has 2 heterocycles. The Morgan fingerprint density at radius 2 is 1.77 bits per heavy atom. The smallest absolute Gasteiger partial charge is 0.257 e. The maximum Gasteiger partial charge on any atom is 0.257 e. The van der Waals surface area contributed by atoms with Crippen LogP contribution >= 0.6 is 0 Å². The van der Waals surface area contributed by atoms with Gasteiger partial charge < -0.3 is 20.5 Å². The third kappa shape index (κ3) is 4.48. The zero-order valence-electron chi connectivity index (χ0n) is 16.8. The molecule has 0 radical (unpaired) electrons. The maximum absolute atomic E-state index is 12.5. The highest BCUT2D eigenvalue weighted by Gasteiger charge is 2.21. The lowest BCUT2D eigenvalue weighted by atomic mass is 10.1. The molecular formula is C23H22N4O4. The molecule has 0 aliphatic carbocycles. The zero-order valence-corrected chi connectivity index (χ0v) is 16.8. The molecule has 31 heavy (non-hydrogen) atoms. The van der Waals surface area contributed by atoms with Gasteiger partial charge in [-0.05, 0) is 36.2 Å². The summed E-state index contributed by atoms with van der Waals surface area (Å²) in [6, 6.07) is 14.3. The minimum atomic E-state index is -0.609. The molecule has 1 aliphatic heterocycles. The maximum atomic E-state index is 12.5. The number of amides is 3. The van der Waals surface area contributed by atoms with Crippen LogP contribution in [-0.4, -0.2) is 35.8 Å². The van der Waals surface area contributed by atoms with Crippen molar-refractivity contribution in [3.8, 4) is 0 Å². The monoisotopic (exact) mass is 418 g/mol. The van der Waals surface area contributed by atoms with E-state index in [1.54, 1.807) is 29.2 Å². The van der Waals surface area contributed by atoms with E-state index in [1.807, 2.05) is 24.3 Å². The summed E-state index contributed by atoms with van der Waals surface area (Å²) in [7, 11) is 0. The number of nitrogens with one attached hydrogen (secondary N) is 3. The predicted molar refractivity (Wildman–Crippen MR) is 117 cm³/mol. The van der Waals surface area contributed by atoms with Crippen molar-refractivity contribution in [3.63, 3.8) is 0 Å². The van der Waals surface area contributed by atoms with Gasteiger partial charge in [0.05, 0.1) is 6.54 Å². The van der Waals surface area contributed by atoms with E-state index < -0.39 is 5.91 Å². The van der Waals surface area contributed by atoms with Gasteiger partial charge >= 0.3 is 0 Å². The topological polar surface area (TPSA) is 111 Å². The lowest BCUT2D eigenvalue weighted by molar-refractivity contribution is -0.120. The molecule has 4 rings (SSSR count). The standard InChI is InChI=1S/C23H22N4O4/c28-20(25-12-15-7-9-16(10-8-15)27-11-3-6-21(27)29)14-26-23(31)18-13-24-19-5-2-1-4-17(19)22(18)30/h1-2,4-5,7-10,13H,3,6,11-12,14H2,(H,24,30)(H,25,28)(H,26,31). The van der Waals surface area contributed by atoms with Gasteiger partial charge in [-0.25, -0.2) is 0 Å². The Bertz CT molecular complexity index is 1200. The Balaban J connectivity index is 1.29. The number of anilines is 1. The molecule has 0 atom stereocenters. The summed E-state index contributed by atoms with van der Waals surface area (Å²) < 4.78 is 0. The highest BCUT2D eigenvalue weighted by Crippen LogP contribution is 2.21. The molecule has 0 saturated carbocycles. The van der Waals surface area contributed by atoms with Gasteiger partial charge in [0.25, 0.3) is 5.91 Å². The number of hydrogen-bond acceptors (Lipinski definition) is 4. The summed E-state index contributed by atoms with van der Waals surface area (Å²) in [5, 5.41) is 5.62. The molecule has 1 aliphatic rings. The summed E-state index contributed by atoms with van der Waals surface area (Å²) in [5.74, 6) is -0.854. The number of aromatic nitrogens is 1. The number of aromatic amines is 1. The molecule has 3 N–H and O–H groups in total. The second kappa shape index (κ2) is 8.83. The first-order valence-corrected chi connectivity index (χ1v) is 10.1. The van der Waals surface area contributed by atoms with Gasteiger partial charge in [0.15, 0.2) is 0 Å². The highest BCUT2D eigenvalue weighted by molar-refractivity contribution is 5.98. The largest absolute Gasteiger partial charge is 0.360 e. The Kier molecular flexibility index (Phi) is 5.79. The zero-order chi connectivity index (χ0) is 21.8. The number of hydrogen-bond donors (Lipinski definition) is 3. The SMILES string of the molecule is O=C(CNC(=O)c1c[nH]c2ccccc2c1=O)NCc1ccc(N2CCCC2=O)cc1. The third-order valence-corrected chi connectivity index (χ3v) is 5.25. The van der Waals surface area contributed by atoms with Crippen LogP contribution in [0.1, 0.15) is 28.8 Å². The molecule has 8 heteroatoms. The minimum Gasteiger partial charge on any atom is -0.360 e. The number of rotatable bonds is 6. The Morgan fingerprint density at radius 1 is 1.00 bits per heavy atom. The molecule has 8 nitrogen and oxygen atoms in total. The number of carbonyl (C=O) groups excluding carboxylic acids is 3. The molecule has 158 valence electrons. The van der Waals surface area contributed by atoms with E-state index in [-0.39, 0.29) is 29.4 Å². The number of nitrogens with zero attached hydrogens (tertiary/aromatic N) is 1. The lowest BCUT2D eigenvalue weighted by Gasteiger charge is -2.16. The van der Waals surface area contributed by atoms with E-state index in [9.17, 15) is 19.2 Å². The van der Waals surface area contributed by atoms with Gasteiger partial charge in [0.2, 0.25) is 17.2 Å². The average Bonchev–Trinajstić information content (AvgIpc) is 3.22. The Labute approximate surface area is 178 Å². The van der Waals surface area contributed by atoms with Crippen LogP contribution in [0.5, 0.6) is 0 Å². The van der Waals surface area contributed by atoms with E-state index in [1.165, 1.54) is 6.20 Å². The van der Waals surface area contributed by atoms with Crippen molar-refractivity contribution >= 4 is 34.3 Å². The summed E-state index contributed by atoms with van der Waals surface area (Å²) in [5.41, 5.74) is 1.94. The minimum absolute atomic E-state index is 0.0430. The second-order valence-electron chi connectivity index (χ2n) is 7.35. The first kappa shape index (κ1) is 20.3. The third-order valence-electron chi connectivity index (χ3n) is 5.25. The fourth-order valence-corrected chi connectivity index (χ4v) is 3.57. The van der Waals surface area contributed by atoms with Crippen molar-refractivity contribution in [2.75, 3.05) is 18.0 Å². The van der Waals surface area contributed by atoms with Crippen LogP contribution in [0, 0.1) is 0 Å². The molecule has 0 unspecified atom stereocenters. The average molecular weight is 418 g/mol. The van der Waals surface area contributed by atoms with Crippen LogP contribution in [-0.2, 0) is 16.1 Å². The number of para-hydroxylation sites is 1. The normalized spacial score (nSPS) is 13.4. The number of fused-ring (bicyclic) bond motifs is 1. The predicted octanol–water partition coefficient (Wildman–Crippen LogP) is 1.70. The van der Waals surface area contributed by atoms with Crippen molar-refractivity contribution < 1.29 is 14.4 Å². The number of carbonyl (C=O) groups is 3. The molecule has 3 amide bonds. The highest BCUT2D eigenvalue weighted by atomic mass is 16.2. The number of pyridine rings is 1. The van der Waals surface area contributed by atoms with Gasteiger partial charge in [-0.1, -0.05) is 24.3 Å². The Hall–Kier alpha value is -3.94. The van der Waals surface area contributed by atoms with Crippen LogP contribution in [0.15, 0.2) is 59.5 Å². The molecular weight excluding hydrogens is 396 g/mol. The van der Waals surface area contributed by atoms with Gasteiger partial charge in [-0.2, -0.15) is 0 Å². The van der Waals surface area contributed by atoms with E-state index in [0.717, 1.165) is 24.2 Å². The fourth-order valence-electron chi connectivity index (χ4n) is 3.57. The molecule has 2 aromatic carbocycles. The van der Waals surface area contributed by atoms with Crippen molar-refractivity contribution in [1.82, 2.24) is 15.6 Å². The second-order valence-corrected chi connectivity index (χ2v) is 7.35. The van der Waals surface area contributed by atoms with E-state index in [0.29, 0.717) is 23.9 Å². The first-order valence-electron chi connectivity index (χ1n) is 10.1. The van der Waals surface area contributed by atoms with Crippen molar-refractivity contribution in [2.24, 2.45) is 0 Å². The number of H-pyrrole nitrogens is 1. The van der Waals surface area contributed by atoms with Crippen LogP contribution in [0.3, 0.4) is 0 Å². The van der Waals surface area contributed by atoms with Crippen molar-refractivity contribution in [3.05, 3.63) is 76.1 Å². The van der Waals surface area contributed by atoms with E-state index >= 15 is 0 Å². The molecule has 3 aromatic rings. The first-order chi connectivity index (χ1) is 15.0. The van der Waals surface area contributed by atoms with Gasteiger partial charge in [-0.15, -0.1) is 0 Å². The summed E-state index contributed by atoms with van der Waals surface area (Å²) >= 11 is 0. The lowest BCUT2D eigenvalue weighted by Crippen LogP contribution is -2.38. The summed E-state index contributed by atoms with van der Waals surface area (Å²) in [6.07, 6.45) is 2.80. The fraction of sp³-hybridized carbons (Fsp3) is 0.217. The van der Waals surface area contributed by atoms with Gasteiger partial charge in [0.1, 0.15) is 5.56 Å². The van der Waals surface area contributed by atoms with E-state index in [4.69, 9.17) is 0 Å². The number of benzene rings is 2. The van der Waals surface area contributed by atoms with E-state index in [2.05, 4.69) is 15.6 Å². The van der Waals surface area contributed by atoms with Crippen molar-refractivity contribution in [2.45, 2.75) is 19.4 Å². The molecule has 1 aromatic heterocycles. The molecule has 1 saturated heterocycles. The van der Waals surface area contributed by atoms with Crippen molar-refractivity contribution in [1.29, 1.82) is 0 Å². The van der Waals surface area contributed by atoms with Crippen LogP contribution in [0.4, 0.5) is 5.69 Å². The summed E-state index contributed by atoms with van der Waals surface area (Å²) in [6.45, 7) is 0.777. The van der Waals surface area contributed by atoms with Gasteiger partial charge in [-0.3, -0.25) is 19.2 Å². The summed E-state index contributed by atoms with van der Waals surface area (Å²) in [4.78, 5) is 53.4. The molecule has 0 spiro atoms. The molecule has 0 bridgehead atoms.